The topological polar surface area (TPSA) is 104 Å². The van der Waals surface area contributed by atoms with Crippen molar-refractivity contribution >= 4 is 11.9 Å². The molecule has 1 aromatic heterocycles. The quantitative estimate of drug-likeness (QED) is 0.671. The Bertz CT molecular complexity index is 1080. The molecule has 0 saturated carbocycles. The van der Waals surface area contributed by atoms with Crippen LogP contribution in [0.4, 0.5) is 4.39 Å². The highest BCUT2D eigenvalue weighted by Crippen LogP contribution is 2.19. The minimum atomic E-state index is -0.849. The van der Waals surface area contributed by atoms with Crippen molar-refractivity contribution in [2.45, 2.75) is 33.2 Å². The van der Waals surface area contributed by atoms with E-state index in [9.17, 15) is 23.6 Å². The van der Waals surface area contributed by atoms with Crippen LogP contribution in [0.1, 0.15) is 37.2 Å². The molecular weight excluding hydrogens is 395 g/mol. The standard InChI is InChI=1S/C20H23FN4O5/c1-3-24-18(27)16(22-25(20(24)29)15-10-6-5-9-14(15)21)17(26)23-11-7-8-13(12-23)19(28)30-4-2/h5-6,9-10,13H,3-4,7-8,11-12H2,1-2H3/t13-/m0/s1. The third-order valence-electron chi connectivity index (χ3n) is 4.99. The Labute approximate surface area is 171 Å². The lowest BCUT2D eigenvalue weighted by molar-refractivity contribution is -0.149. The van der Waals surface area contributed by atoms with E-state index in [2.05, 4.69) is 5.10 Å². The SMILES string of the molecule is CCOC(=O)[C@H]1CCCN(C(=O)c2nn(-c3ccccc3F)c(=O)n(CC)c2=O)C1. The maximum Gasteiger partial charge on any atom is 0.352 e. The summed E-state index contributed by atoms with van der Waals surface area (Å²) in [6, 6.07) is 5.46. The van der Waals surface area contributed by atoms with Crippen LogP contribution in [0.5, 0.6) is 0 Å². The van der Waals surface area contributed by atoms with E-state index < -0.39 is 40.6 Å². The predicted octanol–water partition coefficient (Wildman–Crippen LogP) is 0.969. The number of hydrogen-bond donors (Lipinski definition) is 0. The molecule has 1 aromatic carbocycles. The summed E-state index contributed by atoms with van der Waals surface area (Å²) in [6.07, 6.45) is 1.13. The van der Waals surface area contributed by atoms with Crippen LogP contribution in [0.25, 0.3) is 5.69 Å². The molecule has 0 spiro atoms. The third-order valence-corrected chi connectivity index (χ3v) is 4.99. The predicted molar refractivity (Wildman–Crippen MR) is 105 cm³/mol. The zero-order chi connectivity index (χ0) is 21.8. The first-order chi connectivity index (χ1) is 14.4. The average molecular weight is 418 g/mol. The second-order valence-electron chi connectivity index (χ2n) is 6.89. The number of nitrogens with zero attached hydrogens (tertiary/aromatic N) is 4. The fourth-order valence-electron chi connectivity index (χ4n) is 3.47. The molecule has 0 N–H and O–H groups in total. The number of carbonyl (C=O) groups is 2. The van der Waals surface area contributed by atoms with Crippen molar-refractivity contribution in [3.8, 4) is 5.69 Å². The first-order valence-corrected chi connectivity index (χ1v) is 9.84. The van der Waals surface area contributed by atoms with Crippen LogP contribution >= 0.6 is 0 Å². The zero-order valence-corrected chi connectivity index (χ0v) is 16.8. The van der Waals surface area contributed by atoms with Gasteiger partial charge in [-0.15, -0.1) is 0 Å². The molecule has 0 bridgehead atoms. The molecule has 2 heterocycles. The van der Waals surface area contributed by atoms with Gasteiger partial charge in [0, 0.05) is 19.6 Å². The minimum Gasteiger partial charge on any atom is -0.466 e. The summed E-state index contributed by atoms with van der Waals surface area (Å²) in [5.74, 6) is -2.31. The van der Waals surface area contributed by atoms with Crippen LogP contribution in [-0.4, -0.2) is 50.8 Å². The van der Waals surface area contributed by atoms with Gasteiger partial charge in [-0.1, -0.05) is 12.1 Å². The highest BCUT2D eigenvalue weighted by molar-refractivity contribution is 5.92. The number of carbonyl (C=O) groups excluding carboxylic acids is 2. The van der Waals surface area contributed by atoms with E-state index in [-0.39, 0.29) is 25.4 Å². The molecule has 1 amide bonds. The monoisotopic (exact) mass is 418 g/mol. The number of aromatic nitrogens is 3. The van der Waals surface area contributed by atoms with Gasteiger partial charge in [-0.25, -0.2) is 9.18 Å². The average Bonchev–Trinajstić information content (AvgIpc) is 2.75. The molecule has 1 aliphatic rings. The van der Waals surface area contributed by atoms with Crippen LogP contribution in [0.2, 0.25) is 0 Å². The summed E-state index contributed by atoms with van der Waals surface area (Å²) in [6.45, 7) is 3.91. The Morgan fingerprint density at radius 1 is 1.23 bits per heavy atom. The molecule has 30 heavy (non-hydrogen) atoms. The molecule has 160 valence electrons. The van der Waals surface area contributed by atoms with Crippen molar-refractivity contribution in [2.75, 3.05) is 19.7 Å². The molecule has 10 heteroatoms. The Morgan fingerprint density at radius 3 is 2.63 bits per heavy atom. The highest BCUT2D eigenvalue weighted by atomic mass is 19.1. The molecule has 9 nitrogen and oxygen atoms in total. The number of likely N-dealkylation sites (tertiary alicyclic amines) is 1. The Balaban J connectivity index is 2.03. The number of halogens is 1. The summed E-state index contributed by atoms with van der Waals surface area (Å²) in [5.41, 5.74) is -2.35. The van der Waals surface area contributed by atoms with Gasteiger partial charge >= 0.3 is 11.7 Å². The van der Waals surface area contributed by atoms with E-state index in [0.717, 1.165) is 15.3 Å². The molecule has 1 saturated heterocycles. The second kappa shape index (κ2) is 9.02. The Kier molecular flexibility index (Phi) is 6.43. The van der Waals surface area contributed by atoms with Crippen LogP contribution < -0.4 is 11.2 Å². The number of hydrogen-bond acceptors (Lipinski definition) is 6. The lowest BCUT2D eigenvalue weighted by atomic mass is 9.98. The lowest BCUT2D eigenvalue weighted by Gasteiger charge is -2.31. The number of piperidine rings is 1. The largest absolute Gasteiger partial charge is 0.466 e. The summed E-state index contributed by atoms with van der Waals surface area (Å²) in [4.78, 5) is 51.9. The molecule has 1 atom stereocenters. The van der Waals surface area contributed by atoms with Gasteiger partial charge < -0.3 is 9.64 Å². The lowest BCUT2D eigenvalue weighted by Crippen LogP contribution is -2.49. The third kappa shape index (κ3) is 4.03. The van der Waals surface area contributed by atoms with Gasteiger partial charge in [0.25, 0.3) is 11.5 Å². The fraction of sp³-hybridized carbons (Fsp3) is 0.450. The normalized spacial score (nSPS) is 16.4. The van der Waals surface area contributed by atoms with Crippen molar-refractivity contribution in [3.63, 3.8) is 0 Å². The molecule has 1 fully saturated rings. The van der Waals surface area contributed by atoms with Gasteiger partial charge in [-0.3, -0.25) is 19.0 Å². The van der Waals surface area contributed by atoms with Crippen molar-refractivity contribution in [1.82, 2.24) is 19.2 Å². The number of amides is 1. The summed E-state index contributed by atoms with van der Waals surface area (Å²) in [5, 5.41) is 3.92. The van der Waals surface area contributed by atoms with E-state index in [1.807, 2.05) is 0 Å². The summed E-state index contributed by atoms with van der Waals surface area (Å²) < 4.78 is 20.8. The van der Waals surface area contributed by atoms with Crippen LogP contribution in [0.15, 0.2) is 33.9 Å². The molecular formula is C20H23FN4O5. The smallest absolute Gasteiger partial charge is 0.352 e. The van der Waals surface area contributed by atoms with E-state index in [4.69, 9.17) is 4.74 Å². The fourth-order valence-corrected chi connectivity index (χ4v) is 3.47. The van der Waals surface area contributed by atoms with Gasteiger partial charge in [0.1, 0.15) is 11.5 Å². The van der Waals surface area contributed by atoms with E-state index in [0.29, 0.717) is 19.4 Å². The van der Waals surface area contributed by atoms with Crippen molar-refractivity contribution in [1.29, 1.82) is 0 Å². The molecule has 1 aliphatic heterocycles. The maximum atomic E-state index is 14.3. The molecule has 0 unspecified atom stereocenters. The van der Waals surface area contributed by atoms with E-state index in [1.54, 1.807) is 13.8 Å². The molecule has 2 aromatic rings. The second-order valence-corrected chi connectivity index (χ2v) is 6.89. The number of ether oxygens (including phenoxy) is 1. The molecule has 3 rings (SSSR count). The minimum absolute atomic E-state index is 0.0135. The van der Waals surface area contributed by atoms with Crippen molar-refractivity contribution in [3.05, 3.63) is 56.6 Å². The molecule has 0 aliphatic carbocycles. The van der Waals surface area contributed by atoms with E-state index in [1.165, 1.54) is 23.1 Å². The van der Waals surface area contributed by atoms with Crippen molar-refractivity contribution < 1.29 is 18.7 Å². The zero-order valence-electron chi connectivity index (χ0n) is 16.8. The number of rotatable bonds is 5. The highest BCUT2D eigenvalue weighted by Gasteiger charge is 2.32. The van der Waals surface area contributed by atoms with Crippen molar-refractivity contribution in [2.24, 2.45) is 5.92 Å². The Hall–Kier alpha value is -3.30. The number of benzene rings is 1. The number of para-hydroxylation sites is 1. The van der Waals surface area contributed by atoms with E-state index >= 15 is 0 Å². The van der Waals surface area contributed by atoms with Gasteiger partial charge in [0.15, 0.2) is 0 Å². The van der Waals surface area contributed by atoms with Crippen LogP contribution in [0, 0.1) is 11.7 Å². The van der Waals surface area contributed by atoms with Crippen LogP contribution in [-0.2, 0) is 16.1 Å². The summed E-state index contributed by atoms with van der Waals surface area (Å²) >= 11 is 0. The first-order valence-electron chi connectivity index (χ1n) is 9.84. The van der Waals surface area contributed by atoms with Gasteiger partial charge in [0.05, 0.1) is 12.5 Å². The molecule has 0 radical (unpaired) electrons. The first kappa shape index (κ1) is 21.4. The Morgan fingerprint density at radius 2 is 1.97 bits per heavy atom. The van der Waals surface area contributed by atoms with Gasteiger partial charge in [-0.2, -0.15) is 9.78 Å². The number of esters is 1. The summed E-state index contributed by atoms with van der Waals surface area (Å²) in [7, 11) is 0. The van der Waals surface area contributed by atoms with Gasteiger partial charge in [0.2, 0.25) is 5.69 Å². The van der Waals surface area contributed by atoms with Gasteiger partial charge in [-0.05, 0) is 38.8 Å². The van der Waals surface area contributed by atoms with Crippen LogP contribution in [0.3, 0.4) is 0 Å². The maximum absolute atomic E-state index is 14.3.